The lowest BCUT2D eigenvalue weighted by atomic mass is 10.0. The van der Waals surface area contributed by atoms with Crippen molar-refractivity contribution in [1.29, 1.82) is 0 Å². The number of unbranched alkanes of at least 4 members (excludes halogenated alkanes) is 2. The van der Waals surface area contributed by atoms with Crippen molar-refractivity contribution in [2.75, 3.05) is 6.61 Å². The van der Waals surface area contributed by atoms with Crippen molar-refractivity contribution in [3.8, 4) is 17.0 Å². The van der Waals surface area contributed by atoms with Gasteiger partial charge in [-0.2, -0.15) is 5.10 Å². The van der Waals surface area contributed by atoms with E-state index in [0.717, 1.165) is 60.2 Å². The first-order valence-corrected chi connectivity index (χ1v) is 12.3. The molecule has 0 spiro atoms. The number of esters is 1. The maximum atomic E-state index is 12.8. The summed E-state index contributed by atoms with van der Waals surface area (Å²) >= 11 is 0. The Hall–Kier alpha value is -3.34. The van der Waals surface area contributed by atoms with Gasteiger partial charge < -0.3 is 9.84 Å². The number of hydrogen-bond donors (Lipinski definition) is 1. The van der Waals surface area contributed by atoms with Crippen LogP contribution in [0.3, 0.4) is 0 Å². The third-order valence-electron chi connectivity index (χ3n) is 5.88. The van der Waals surface area contributed by atoms with E-state index in [2.05, 4.69) is 13.8 Å². The zero-order chi connectivity index (χ0) is 24.5. The maximum Gasteiger partial charge on any atom is 0.340 e. The van der Waals surface area contributed by atoms with Crippen LogP contribution < -0.4 is 0 Å². The molecule has 5 heteroatoms. The topological polar surface area (TPSA) is 63.8 Å². The van der Waals surface area contributed by atoms with Crippen LogP contribution in [-0.2, 0) is 17.6 Å². The van der Waals surface area contributed by atoms with Crippen LogP contribution in [0.1, 0.15) is 79.2 Å². The normalized spacial score (nSPS) is 11.3. The average Bonchev–Trinajstić information content (AvgIpc) is 3.21. The molecule has 0 aliphatic rings. The first-order chi connectivity index (χ1) is 16.5. The fraction of sp³-hybridized carbons (Fsp3) is 0.379. The quantitative estimate of drug-likeness (QED) is 0.250. The third kappa shape index (κ3) is 5.96. The Bertz CT molecular complexity index is 1130. The van der Waals surface area contributed by atoms with Crippen LogP contribution in [0.5, 0.6) is 5.75 Å². The van der Waals surface area contributed by atoms with E-state index in [9.17, 15) is 9.90 Å². The lowest BCUT2D eigenvalue weighted by Crippen LogP contribution is -2.09. The molecule has 5 nitrogen and oxygen atoms in total. The zero-order valence-electron chi connectivity index (χ0n) is 20.8. The summed E-state index contributed by atoms with van der Waals surface area (Å²) in [6.07, 6.45) is 7.25. The van der Waals surface area contributed by atoms with Crippen LogP contribution in [0.2, 0.25) is 0 Å². The summed E-state index contributed by atoms with van der Waals surface area (Å²) in [7, 11) is 0. The van der Waals surface area contributed by atoms with Gasteiger partial charge in [-0.25, -0.2) is 9.47 Å². The smallest absolute Gasteiger partial charge is 0.340 e. The number of nitrogens with zero attached hydrogens (tertiary/aromatic N) is 2. The van der Waals surface area contributed by atoms with Crippen molar-refractivity contribution in [2.24, 2.45) is 5.10 Å². The summed E-state index contributed by atoms with van der Waals surface area (Å²) in [5.41, 5.74) is 5.86. The Morgan fingerprint density at radius 3 is 2.41 bits per heavy atom. The van der Waals surface area contributed by atoms with E-state index in [4.69, 9.17) is 9.84 Å². The Morgan fingerprint density at radius 2 is 1.74 bits per heavy atom. The van der Waals surface area contributed by atoms with Crippen LogP contribution in [0.15, 0.2) is 53.6 Å². The predicted molar refractivity (Wildman–Crippen MR) is 139 cm³/mol. The maximum absolute atomic E-state index is 12.8. The largest absolute Gasteiger partial charge is 0.507 e. The van der Waals surface area contributed by atoms with Gasteiger partial charge in [0.05, 0.1) is 29.8 Å². The van der Waals surface area contributed by atoms with Gasteiger partial charge in [0.2, 0.25) is 0 Å². The molecule has 3 rings (SSSR count). The number of carbonyl (C=O) groups is 1. The number of phenolic OH excluding ortho intramolecular Hbond substituents is 1. The Morgan fingerprint density at radius 1 is 1.03 bits per heavy atom. The van der Waals surface area contributed by atoms with E-state index in [0.29, 0.717) is 24.2 Å². The van der Waals surface area contributed by atoms with Gasteiger partial charge in [-0.3, -0.25) is 0 Å². The Balaban J connectivity index is 2.15. The summed E-state index contributed by atoms with van der Waals surface area (Å²) in [4.78, 5) is 12.8. The van der Waals surface area contributed by atoms with Crippen molar-refractivity contribution in [2.45, 2.75) is 66.2 Å². The highest BCUT2D eigenvalue weighted by Gasteiger charge is 2.22. The van der Waals surface area contributed by atoms with E-state index >= 15 is 0 Å². The second-order valence-corrected chi connectivity index (χ2v) is 8.60. The molecule has 1 N–H and O–H groups in total. The predicted octanol–water partition coefficient (Wildman–Crippen LogP) is 6.91. The van der Waals surface area contributed by atoms with Gasteiger partial charge in [0.1, 0.15) is 5.75 Å². The molecule has 2 aromatic carbocycles. The first kappa shape index (κ1) is 25.3. The second kappa shape index (κ2) is 12.2. The molecule has 1 aromatic heterocycles. The molecule has 0 atom stereocenters. The van der Waals surface area contributed by atoms with Crippen molar-refractivity contribution in [3.63, 3.8) is 0 Å². The minimum atomic E-state index is -0.333. The molecule has 0 aliphatic heterocycles. The summed E-state index contributed by atoms with van der Waals surface area (Å²) in [6, 6.07) is 15.8. The van der Waals surface area contributed by atoms with Crippen LogP contribution >= 0.6 is 0 Å². The fourth-order valence-corrected chi connectivity index (χ4v) is 4.12. The SMILES string of the molecule is CCCCc1cc(C)cc(/C=N/n2c(-c3ccccc3)cc(C(=O)OCC)c2CCCC)c1O. The number of aromatic nitrogens is 1. The lowest BCUT2D eigenvalue weighted by Gasteiger charge is -2.11. The minimum Gasteiger partial charge on any atom is -0.507 e. The summed E-state index contributed by atoms with van der Waals surface area (Å²) in [5.74, 6) is -0.0584. The van der Waals surface area contributed by atoms with Crippen LogP contribution in [-0.4, -0.2) is 28.6 Å². The summed E-state index contributed by atoms with van der Waals surface area (Å²) in [6.45, 7) is 8.43. The van der Waals surface area contributed by atoms with Crippen LogP contribution in [0.25, 0.3) is 11.3 Å². The molecule has 0 amide bonds. The van der Waals surface area contributed by atoms with Crippen molar-refractivity contribution in [3.05, 3.63) is 76.5 Å². The molecule has 180 valence electrons. The minimum absolute atomic E-state index is 0.275. The molecule has 34 heavy (non-hydrogen) atoms. The van der Waals surface area contributed by atoms with Gasteiger partial charge in [-0.15, -0.1) is 0 Å². The number of ether oxygens (including phenoxy) is 1. The molecule has 3 aromatic rings. The van der Waals surface area contributed by atoms with E-state index in [1.165, 1.54) is 0 Å². The number of carbonyl (C=O) groups excluding carboxylic acids is 1. The van der Waals surface area contributed by atoms with E-state index in [-0.39, 0.29) is 11.7 Å². The molecule has 0 radical (unpaired) electrons. The number of aryl methyl sites for hydroxylation is 2. The molecular formula is C29H36N2O3. The number of phenols is 1. The van der Waals surface area contributed by atoms with E-state index < -0.39 is 0 Å². The average molecular weight is 461 g/mol. The number of aromatic hydroxyl groups is 1. The molecule has 1 heterocycles. The van der Waals surface area contributed by atoms with Crippen LogP contribution in [0, 0.1) is 6.92 Å². The number of rotatable bonds is 11. The summed E-state index contributed by atoms with van der Waals surface area (Å²) in [5, 5.41) is 15.7. The highest BCUT2D eigenvalue weighted by Crippen LogP contribution is 2.29. The lowest BCUT2D eigenvalue weighted by molar-refractivity contribution is 0.0525. The van der Waals surface area contributed by atoms with Gasteiger partial charge in [0.15, 0.2) is 0 Å². The van der Waals surface area contributed by atoms with Crippen molar-refractivity contribution < 1.29 is 14.6 Å². The van der Waals surface area contributed by atoms with Gasteiger partial charge in [0.25, 0.3) is 0 Å². The van der Waals surface area contributed by atoms with Gasteiger partial charge in [0, 0.05) is 11.1 Å². The monoisotopic (exact) mass is 460 g/mol. The highest BCUT2D eigenvalue weighted by atomic mass is 16.5. The van der Waals surface area contributed by atoms with Gasteiger partial charge >= 0.3 is 5.97 Å². The molecular weight excluding hydrogens is 424 g/mol. The molecule has 0 bridgehead atoms. The summed E-state index contributed by atoms with van der Waals surface area (Å²) < 4.78 is 7.20. The molecule has 0 unspecified atom stereocenters. The number of hydrogen-bond acceptors (Lipinski definition) is 4. The number of benzene rings is 2. The van der Waals surface area contributed by atoms with Gasteiger partial charge in [-0.1, -0.05) is 63.1 Å². The third-order valence-corrected chi connectivity index (χ3v) is 5.88. The van der Waals surface area contributed by atoms with Gasteiger partial charge in [-0.05, 0) is 62.8 Å². The molecule has 0 aliphatic carbocycles. The molecule has 0 saturated heterocycles. The molecule has 0 saturated carbocycles. The Kier molecular flexibility index (Phi) is 9.08. The van der Waals surface area contributed by atoms with Crippen molar-refractivity contribution in [1.82, 2.24) is 4.68 Å². The standard InChI is InChI=1S/C29H36N2O3/c1-5-8-13-23-17-21(4)18-24(28(23)32)20-30-31-26(16-9-6-2)25(29(33)34-7-3)19-27(31)22-14-11-10-12-15-22/h10-12,14-15,17-20,32H,5-9,13,16H2,1-4H3/b30-20+. The van der Waals surface area contributed by atoms with E-state index in [1.54, 1.807) is 6.21 Å². The first-order valence-electron chi connectivity index (χ1n) is 12.3. The van der Waals surface area contributed by atoms with E-state index in [1.807, 2.05) is 67.1 Å². The van der Waals surface area contributed by atoms with Crippen LogP contribution in [0.4, 0.5) is 0 Å². The van der Waals surface area contributed by atoms with Crippen molar-refractivity contribution >= 4 is 12.2 Å². The fourth-order valence-electron chi connectivity index (χ4n) is 4.12. The highest BCUT2D eigenvalue weighted by molar-refractivity contribution is 5.93. The second-order valence-electron chi connectivity index (χ2n) is 8.60. The zero-order valence-corrected chi connectivity index (χ0v) is 20.8. The molecule has 0 fully saturated rings. The Labute approximate surface area is 203 Å².